The van der Waals surface area contributed by atoms with Crippen LogP contribution in [0.5, 0.6) is 0 Å². The Hall–Kier alpha value is -2.66. The summed E-state index contributed by atoms with van der Waals surface area (Å²) in [7, 11) is 0. The van der Waals surface area contributed by atoms with Crippen molar-refractivity contribution in [1.82, 2.24) is 21.2 Å². The largest absolute Gasteiger partial charge is 0.443 e. The molecule has 30 heavy (non-hydrogen) atoms. The number of amides is 4. The van der Waals surface area contributed by atoms with Crippen molar-refractivity contribution in [2.45, 2.75) is 52.6 Å². The Balaban J connectivity index is 1.65. The van der Waals surface area contributed by atoms with Gasteiger partial charge in [0.15, 0.2) is 5.13 Å². The molecule has 2 aromatic rings. The molecule has 0 saturated carbocycles. The number of rotatable bonds is 7. The number of nitrogens with one attached hydrogen (secondary N) is 4. The van der Waals surface area contributed by atoms with Gasteiger partial charge in [0.25, 0.3) is 0 Å². The van der Waals surface area contributed by atoms with Crippen LogP contribution in [0.15, 0.2) is 17.5 Å². The minimum absolute atomic E-state index is 0.123. The van der Waals surface area contributed by atoms with Crippen LogP contribution in [0.25, 0.3) is 0 Å². The first-order valence-electron chi connectivity index (χ1n) is 9.43. The molecule has 4 N–H and O–H groups in total. The van der Waals surface area contributed by atoms with E-state index in [1.165, 1.54) is 23.1 Å². The number of urea groups is 1. The van der Waals surface area contributed by atoms with Crippen LogP contribution in [0.4, 0.5) is 14.7 Å². The second-order valence-corrected chi connectivity index (χ2v) is 9.56. The molecule has 0 spiro atoms. The Morgan fingerprint density at radius 2 is 1.77 bits per heavy atom. The van der Waals surface area contributed by atoms with Crippen molar-refractivity contribution < 1.29 is 19.1 Å². The number of thiophene rings is 1. The fraction of sp³-hybridized carbons (Fsp3) is 0.474. The highest BCUT2D eigenvalue weighted by atomic mass is 32.1. The van der Waals surface area contributed by atoms with Gasteiger partial charge in [0, 0.05) is 28.6 Å². The maximum atomic E-state index is 11.7. The van der Waals surface area contributed by atoms with E-state index >= 15 is 0 Å². The van der Waals surface area contributed by atoms with E-state index < -0.39 is 17.7 Å². The summed E-state index contributed by atoms with van der Waals surface area (Å²) in [6.07, 6.45) is 1.63. The van der Waals surface area contributed by atoms with Crippen LogP contribution in [0.2, 0.25) is 0 Å². The van der Waals surface area contributed by atoms with Gasteiger partial charge in [-0.15, -0.1) is 22.7 Å². The molecule has 0 unspecified atom stereocenters. The van der Waals surface area contributed by atoms with E-state index in [1.807, 2.05) is 11.4 Å². The molecule has 2 heterocycles. The molecule has 0 saturated heterocycles. The van der Waals surface area contributed by atoms with E-state index in [4.69, 9.17) is 4.74 Å². The van der Waals surface area contributed by atoms with Crippen molar-refractivity contribution in [2.75, 3.05) is 11.9 Å². The summed E-state index contributed by atoms with van der Waals surface area (Å²) in [4.78, 5) is 41.0. The molecule has 0 atom stereocenters. The average molecular weight is 454 g/mol. The monoisotopic (exact) mass is 453 g/mol. The first-order chi connectivity index (χ1) is 14.1. The maximum absolute atomic E-state index is 11.7. The summed E-state index contributed by atoms with van der Waals surface area (Å²) < 4.78 is 5.02. The molecule has 0 aromatic carbocycles. The zero-order valence-electron chi connectivity index (χ0n) is 17.5. The second-order valence-electron chi connectivity index (χ2n) is 7.45. The lowest BCUT2D eigenvalue weighted by Gasteiger charge is -2.19. The van der Waals surface area contributed by atoms with Crippen molar-refractivity contribution in [3.63, 3.8) is 0 Å². The van der Waals surface area contributed by atoms with Gasteiger partial charge < -0.3 is 15.4 Å². The van der Waals surface area contributed by atoms with Crippen LogP contribution < -0.4 is 21.5 Å². The van der Waals surface area contributed by atoms with E-state index in [1.54, 1.807) is 32.1 Å². The number of hydrogen-bond acceptors (Lipinski definition) is 7. The highest BCUT2D eigenvalue weighted by Crippen LogP contribution is 2.21. The number of carbonyl (C=O) groups excluding carboxylic acids is 3. The predicted molar refractivity (Wildman–Crippen MR) is 118 cm³/mol. The Kier molecular flexibility index (Phi) is 8.60. The first kappa shape index (κ1) is 23.6. The molecule has 0 radical (unpaired) electrons. The standard InChI is InChI=1S/C19H27N5O4S2/c1-12(25)21-17-22-13(11-29-17)5-6-14-7-8-15(30-14)9-10-20-16(26)23-24-18(27)28-19(2,3)4/h7-8,11H,5-6,9-10H2,1-4H3,(H,24,27)(H2,20,23,26)(H,21,22,25). The third-order valence-electron chi connectivity index (χ3n) is 3.51. The normalized spacial score (nSPS) is 10.9. The Labute approximate surface area is 183 Å². The molecule has 2 rings (SSSR count). The molecule has 0 aliphatic rings. The van der Waals surface area contributed by atoms with Crippen LogP contribution in [0.1, 0.15) is 43.1 Å². The van der Waals surface area contributed by atoms with Gasteiger partial charge in [0.2, 0.25) is 5.91 Å². The number of carbonyl (C=O) groups is 3. The molecular weight excluding hydrogens is 426 g/mol. The van der Waals surface area contributed by atoms with Gasteiger partial charge in [-0.2, -0.15) is 0 Å². The third-order valence-corrected chi connectivity index (χ3v) is 5.52. The van der Waals surface area contributed by atoms with Crippen LogP contribution in [0.3, 0.4) is 0 Å². The molecule has 164 valence electrons. The minimum Gasteiger partial charge on any atom is -0.443 e. The lowest BCUT2D eigenvalue weighted by atomic mass is 10.2. The van der Waals surface area contributed by atoms with Gasteiger partial charge in [0.1, 0.15) is 5.60 Å². The van der Waals surface area contributed by atoms with Gasteiger partial charge in [0.05, 0.1) is 5.69 Å². The topological polar surface area (TPSA) is 121 Å². The molecular formula is C19H27N5O4S2. The Bertz CT molecular complexity index is 872. The van der Waals surface area contributed by atoms with E-state index in [-0.39, 0.29) is 5.91 Å². The molecule has 4 amide bonds. The van der Waals surface area contributed by atoms with Crippen molar-refractivity contribution in [3.8, 4) is 0 Å². The quantitative estimate of drug-likeness (QED) is 0.480. The smallest absolute Gasteiger partial charge is 0.426 e. The van der Waals surface area contributed by atoms with Crippen molar-refractivity contribution in [1.29, 1.82) is 0 Å². The molecule has 0 aliphatic carbocycles. The SMILES string of the molecule is CC(=O)Nc1nc(CCc2ccc(CCNC(=O)NNC(=O)OC(C)(C)C)s2)cs1. The molecule has 9 nitrogen and oxygen atoms in total. The van der Waals surface area contributed by atoms with Crippen molar-refractivity contribution >= 4 is 45.8 Å². The summed E-state index contributed by atoms with van der Waals surface area (Å²) in [6.45, 7) is 7.11. The fourth-order valence-electron chi connectivity index (χ4n) is 2.33. The van der Waals surface area contributed by atoms with Crippen molar-refractivity contribution in [2.24, 2.45) is 0 Å². The molecule has 11 heteroatoms. The van der Waals surface area contributed by atoms with Gasteiger partial charge in [-0.05, 0) is 52.2 Å². The number of nitrogens with zero attached hydrogens (tertiary/aromatic N) is 1. The number of thiazole rings is 1. The van der Waals surface area contributed by atoms with E-state index in [9.17, 15) is 14.4 Å². The zero-order chi connectivity index (χ0) is 22.1. The van der Waals surface area contributed by atoms with Gasteiger partial charge >= 0.3 is 12.1 Å². The fourth-order valence-corrected chi connectivity index (χ4v) is 4.13. The Morgan fingerprint density at radius 3 is 2.43 bits per heavy atom. The number of anilines is 1. The first-order valence-corrected chi connectivity index (χ1v) is 11.1. The van der Waals surface area contributed by atoms with Gasteiger partial charge in [-0.1, -0.05) is 0 Å². The summed E-state index contributed by atoms with van der Waals surface area (Å²) in [5.74, 6) is -0.123. The molecule has 2 aromatic heterocycles. The maximum Gasteiger partial charge on any atom is 0.426 e. The van der Waals surface area contributed by atoms with Crippen molar-refractivity contribution in [3.05, 3.63) is 33.0 Å². The predicted octanol–water partition coefficient (Wildman–Crippen LogP) is 3.23. The number of hydrazine groups is 1. The number of ether oxygens (including phenoxy) is 1. The highest BCUT2D eigenvalue weighted by molar-refractivity contribution is 7.14. The second kappa shape index (κ2) is 10.9. The van der Waals surface area contributed by atoms with Crippen LogP contribution >= 0.6 is 22.7 Å². The lowest BCUT2D eigenvalue weighted by Crippen LogP contribution is -2.48. The van der Waals surface area contributed by atoms with Crippen LogP contribution in [-0.2, 0) is 28.8 Å². The Morgan fingerprint density at radius 1 is 1.07 bits per heavy atom. The van der Waals surface area contributed by atoms with E-state index in [2.05, 4.69) is 32.5 Å². The van der Waals surface area contributed by atoms with E-state index in [0.717, 1.165) is 23.4 Å². The minimum atomic E-state index is -0.718. The number of aryl methyl sites for hydroxylation is 2. The third kappa shape index (κ3) is 9.23. The van der Waals surface area contributed by atoms with Gasteiger partial charge in [-0.3, -0.25) is 4.79 Å². The number of hydrogen-bond donors (Lipinski definition) is 4. The van der Waals surface area contributed by atoms with Gasteiger partial charge in [-0.25, -0.2) is 25.4 Å². The zero-order valence-corrected chi connectivity index (χ0v) is 19.1. The molecule has 0 bridgehead atoms. The summed E-state index contributed by atoms with van der Waals surface area (Å²) in [5, 5.41) is 7.94. The average Bonchev–Trinajstić information content (AvgIpc) is 3.25. The van der Waals surface area contributed by atoms with E-state index in [0.29, 0.717) is 18.1 Å². The van der Waals surface area contributed by atoms with Crippen LogP contribution in [0, 0.1) is 0 Å². The highest BCUT2D eigenvalue weighted by Gasteiger charge is 2.16. The summed E-state index contributed by atoms with van der Waals surface area (Å²) in [5.41, 5.74) is 4.75. The lowest BCUT2D eigenvalue weighted by molar-refractivity contribution is -0.114. The van der Waals surface area contributed by atoms with Crippen LogP contribution in [-0.4, -0.2) is 35.2 Å². The number of aromatic nitrogens is 1. The molecule has 0 fully saturated rings. The molecule has 0 aliphatic heterocycles. The summed E-state index contributed by atoms with van der Waals surface area (Å²) >= 11 is 3.11. The summed E-state index contributed by atoms with van der Waals surface area (Å²) in [6, 6.07) is 3.62.